The Morgan fingerprint density at radius 2 is 1.74 bits per heavy atom. The van der Waals surface area contributed by atoms with Gasteiger partial charge < -0.3 is 15.2 Å². The highest BCUT2D eigenvalue weighted by molar-refractivity contribution is 5.89. The molecule has 1 atom stereocenters. The van der Waals surface area contributed by atoms with E-state index in [1.807, 2.05) is 39.8 Å². The molecule has 0 saturated carbocycles. The highest BCUT2D eigenvalue weighted by Gasteiger charge is 2.25. The minimum absolute atomic E-state index is 0.128. The Bertz CT molecular complexity index is 1440. The maximum absolute atomic E-state index is 15.3. The number of amides is 1. The lowest BCUT2D eigenvalue weighted by molar-refractivity contribution is 0.0895. The van der Waals surface area contributed by atoms with E-state index in [4.69, 9.17) is 4.52 Å². The summed E-state index contributed by atoms with van der Waals surface area (Å²) >= 11 is 0. The first-order valence-corrected chi connectivity index (χ1v) is 12.6. The predicted octanol–water partition coefficient (Wildman–Crippen LogP) is 6.63. The van der Waals surface area contributed by atoms with Crippen molar-refractivity contribution in [2.75, 3.05) is 5.32 Å². The summed E-state index contributed by atoms with van der Waals surface area (Å²) in [4.78, 5) is 25.4. The molecule has 2 aromatic carbocycles. The van der Waals surface area contributed by atoms with Crippen molar-refractivity contribution in [1.82, 2.24) is 25.4 Å². The van der Waals surface area contributed by atoms with E-state index in [1.54, 1.807) is 19.1 Å². The molecular weight excluding hydrogens is 483 g/mol. The van der Waals surface area contributed by atoms with Crippen molar-refractivity contribution in [3.05, 3.63) is 83.0 Å². The van der Waals surface area contributed by atoms with Crippen molar-refractivity contribution in [1.29, 1.82) is 0 Å². The molecule has 1 amide bonds. The fourth-order valence-electron chi connectivity index (χ4n) is 3.99. The van der Waals surface area contributed by atoms with Crippen LogP contribution in [-0.4, -0.2) is 26.0 Å². The molecule has 4 aromatic rings. The number of nitrogens with zero attached hydrogens (tertiary/aromatic N) is 4. The predicted molar refractivity (Wildman–Crippen MR) is 145 cm³/mol. The van der Waals surface area contributed by atoms with E-state index in [0.29, 0.717) is 34.4 Å². The number of aromatic nitrogens is 4. The van der Waals surface area contributed by atoms with Crippen molar-refractivity contribution < 1.29 is 13.7 Å². The fraction of sp³-hybridized carbons (Fsp3) is 0.345. The van der Waals surface area contributed by atoms with Crippen molar-refractivity contribution in [3.63, 3.8) is 0 Å². The molecule has 9 heteroatoms. The van der Waals surface area contributed by atoms with Crippen LogP contribution in [0, 0.1) is 12.7 Å². The number of benzene rings is 2. The van der Waals surface area contributed by atoms with Crippen LogP contribution in [0.3, 0.4) is 0 Å². The summed E-state index contributed by atoms with van der Waals surface area (Å²) in [5.74, 6) is 0.343. The zero-order valence-electron chi connectivity index (χ0n) is 22.8. The Morgan fingerprint density at radius 3 is 2.37 bits per heavy atom. The number of rotatable bonds is 7. The van der Waals surface area contributed by atoms with Crippen molar-refractivity contribution >= 4 is 17.4 Å². The first kappa shape index (κ1) is 26.9. The van der Waals surface area contributed by atoms with Gasteiger partial charge in [-0.3, -0.25) is 4.79 Å². The molecule has 0 aliphatic carbocycles. The Hall–Kier alpha value is -4.14. The van der Waals surface area contributed by atoms with Crippen molar-refractivity contribution in [2.45, 2.75) is 65.8 Å². The van der Waals surface area contributed by atoms with Gasteiger partial charge in [-0.25, -0.2) is 14.4 Å². The number of carbonyl (C=O) groups is 1. The third kappa shape index (κ3) is 6.04. The molecule has 0 saturated heterocycles. The molecule has 2 heterocycles. The standard InChI is InChI=1S/C29H33FN6O2/c1-16(2)19-8-10-20(11-9-19)34-25-14-24(31-15-32-25)22-12-17(3)21(13-23(22)30)18(4)33-26(37)27-35-28(36-38-27)29(5,6)7/h8-16,18H,1-7H3,(H,33,37)(H,31,32,34)/t18-/m1/s1. The van der Waals surface area contributed by atoms with Gasteiger partial charge >= 0.3 is 11.8 Å². The fourth-order valence-corrected chi connectivity index (χ4v) is 3.99. The summed E-state index contributed by atoms with van der Waals surface area (Å²) in [6, 6.07) is 12.5. The number of hydrogen-bond acceptors (Lipinski definition) is 7. The Labute approximate surface area is 222 Å². The summed E-state index contributed by atoms with van der Waals surface area (Å²) in [5.41, 5.74) is 4.00. The van der Waals surface area contributed by atoms with E-state index < -0.39 is 17.8 Å². The molecule has 2 N–H and O–H groups in total. The van der Waals surface area contributed by atoms with Gasteiger partial charge in [0, 0.05) is 22.7 Å². The van der Waals surface area contributed by atoms with Gasteiger partial charge in [0.15, 0.2) is 5.82 Å². The number of hydrogen-bond donors (Lipinski definition) is 2. The molecule has 198 valence electrons. The van der Waals surface area contributed by atoms with Crippen LogP contribution in [0.25, 0.3) is 11.3 Å². The van der Waals surface area contributed by atoms with Gasteiger partial charge in [-0.2, -0.15) is 4.98 Å². The number of halogens is 1. The third-order valence-corrected chi connectivity index (χ3v) is 6.25. The van der Waals surface area contributed by atoms with Crippen LogP contribution in [0.15, 0.2) is 53.3 Å². The summed E-state index contributed by atoms with van der Waals surface area (Å²) in [7, 11) is 0. The lowest BCUT2D eigenvalue weighted by atomic mass is 9.96. The third-order valence-electron chi connectivity index (χ3n) is 6.25. The minimum atomic E-state index is -0.516. The average Bonchev–Trinajstić information content (AvgIpc) is 3.37. The molecule has 0 unspecified atom stereocenters. The number of carbonyl (C=O) groups excluding carboxylic acids is 1. The Morgan fingerprint density at radius 1 is 1.03 bits per heavy atom. The van der Waals surface area contributed by atoms with E-state index in [9.17, 15) is 4.79 Å². The molecule has 2 aromatic heterocycles. The summed E-state index contributed by atoms with van der Waals surface area (Å²) in [6.07, 6.45) is 1.40. The number of aryl methyl sites for hydroxylation is 1. The second-order valence-electron chi connectivity index (χ2n) is 10.7. The average molecular weight is 517 g/mol. The topological polar surface area (TPSA) is 106 Å². The van der Waals surface area contributed by atoms with Crippen LogP contribution in [0.4, 0.5) is 15.9 Å². The zero-order chi connectivity index (χ0) is 27.6. The lowest BCUT2D eigenvalue weighted by Gasteiger charge is -2.17. The minimum Gasteiger partial charge on any atom is -0.341 e. The maximum Gasteiger partial charge on any atom is 0.315 e. The van der Waals surface area contributed by atoms with Gasteiger partial charge in [0.2, 0.25) is 0 Å². The molecule has 0 radical (unpaired) electrons. The van der Waals surface area contributed by atoms with Gasteiger partial charge in [0.05, 0.1) is 11.7 Å². The molecule has 0 bridgehead atoms. The molecule has 0 aliphatic heterocycles. The van der Waals surface area contributed by atoms with Gasteiger partial charge in [0.1, 0.15) is 18.0 Å². The Kier molecular flexibility index (Phi) is 7.57. The Balaban J connectivity index is 1.51. The van der Waals surface area contributed by atoms with Crippen LogP contribution >= 0.6 is 0 Å². The van der Waals surface area contributed by atoms with Crippen LogP contribution in [0.5, 0.6) is 0 Å². The second-order valence-corrected chi connectivity index (χ2v) is 10.7. The highest BCUT2D eigenvalue weighted by Crippen LogP contribution is 2.29. The van der Waals surface area contributed by atoms with Crippen LogP contribution in [-0.2, 0) is 5.41 Å². The SMILES string of the molecule is Cc1cc(-c2cc(Nc3ccc(C(C)C)cc3)ncn2)c(F)cc1[C@@H](C)NC(=O)c1nc(C(C)(C)C)no1. The normalized spacial score (nSPS) is 12.4. The molecule has 0 spiro atoms. The molecule has 0 aliphatic rings. The molecule has 38 heavy (non-hydrogen) atoms. The largest absolute Gasteiger partial charge is 0.341 e. The first-order valence-electron chi connectivity index (χ1n) is 12.6. The first-order chi connectivity index (χ1) is 17.9. The van der Waals surface area contributed by atoms with Crippen molar-refractivity contribution in [3.8, 4) is 11.3 Å². The molecule has 4 rings (SSSR count). The summed E-state index contributed by atoms with van der Waals surface area (Å²) < 4.78 is 20.4. The summed E-state index contributed by atoms with van der Waals surface area (Å²) in [5, 5.41) is 9.95. The van der Waals surface area contributed by atoms with Gasteiger partial charge in [-0.05, 0) is 60.7 Å². The maximum atomic E-state index is 15.3. The summed E-state index contributed by atoms with van der Waals surface area (Å²) in [6.45, 7) is 13.7. The second kappa shape index (κ2) is 10.7. The number of anilines is 2. The lowest BCUT2D eigenvalue weighted by Crippen LogP contribution is -2.27. The van der Waals surface area contributed by atoms with E-state index in [1.165, 1.54) is 18.0 Å². The molecular formula is C29H33FN6O2. The van der Waals surface area contributed by atoms with E-state index in [2.05, 4.69) is 56.7 Å². The number of nitrogens with one attached hydrogen (secondary N) is 2. The smallest absolute Gasteiger partial charge is 0.315 e. The van der Waals surface area contributed by atoms with Crippen LogP contribution in [0.1, 0.15) is 86.7 Å². The molecule has 8 nitrogen and oxygen atoms in total. The quantitative estimate of drug-likeness (QED) is 0.284. The van der Waals surface area contributed by atoms with Gasteiger partial charge in [0.25, 0.3) is 0 Å². The van der Waals surface area contributed by atoms with E-state index in [-0.39, 0.29) is 11.3 Å². The van der Waals surface area contributed by atoms with Gasteiger partial charge in [-0.15, -0.1) is 0 Å². The monoisotopic (exact) mass is 516 g/mol. The van der Waals surface area contributed by atoms with Gasteiger partial charge in [-0.1, -0.05) is 51.9 Å². The van der Waals surface area contributed by atoms with Crippen molar-refractivity contribution in [2.24, 2.45) is 0 Å². The van der Waals surface area contributed by atoms with Crippen LogP contribution in [0.2, 0.25) is 0 Å². The van der Waals surface area contributed by atoms with E-state index in [0.717, 1.165) is 11.3 Å². The van der Waals surface area contributed by atoms with Crippen LogP contribution < -0.4 is 10.6 Å². The zero-order valence-corrected chi connectivity index (χ0v) is 22.8. The molecule has 0 fully saturated rings. The highest BCUT2D eigenvalue weighted by atomic mass is 19.1. The van der Waals surface area contributed by atoms with E-state index >= 15 is 4.39 Å².